The van der Waals surface area contributed by atoms with Gasteiger partial charge in [0.25, 0.3) is 0 Å². The lowest BCUT2D eigenvalue weighted by Gasteiger charge is -2.28. The first-order chi connectivity index (χ1) is 8.48. The van der Waals surface area contributed by atoms with Crippen LogP contribution in [-0.2, 0) is 11.0 Å². The van der Waals surface area contributed by atoms with E-state index in [1.54, 1.807) is 0 Å². The van der Waals surface area contributed by atoms with Crippen molar-refractivity contribution < 1.29 is 32.6 Å². The summed E-state index contributed by atoms with van der Waals surface area (Å²) in [5.74, 6) is -2.58. The minimum Gasteiger partial charge on any atom is -0.481 e. The SMILES string of the molecule is CC(C)(C(=O)O)C(O)c1ccc(F)cc1C(F)(F)F. The number of benzene rings is 1. The zero-order valence-electron chi connectivity index (χ0n) is 10.1. The van der Waals surface area contributed by atoms with Gasteiger partial charge in [0.15, 0.2) is 0 Å². The number of aliphatic hydroxyl groups is 1. The number of hydrogen-bond acceptors (Lipinski definition) is 2. The lowest BCUT2D eigenvalue weighted by Crippen LogP contribution is -2.32. The Hall–Kier alpha value is -1.63. The van der Waals surface area contributed by atoms with Crippen LogP contribution in [0.15, 0.2) is 18.2 Å². The number of carboxylic acid groups (broad SMARTS) is 1. The van der Waals surface area contributed by atoms with Gasteiger partial charge in [-0.25, -0.2) is 4.39 Å². The number of alkyl halides is 3. The molecule has 0 aliphatic heterocycles. The van der Waals surface area contributed by atoms with Gasteiger partial charge in [0.1, 0.15) is 5.82 Å². The second-order valence-electron chi connectivity index (χ2n) is 4.66. The van der Waals surface area contributed by atoms with Crippen LogP contribution in [0.5, 0.6) is 0 Å². The molecule has 1 aromatic rings. The Morgan fingerprint density at radius 2 is 1.79 bits per heavy atom. The molecule has 0 amide bonds. The Labute approximate surface area is 106 Å². The summed E-state index contributed by atoms with van der Waals surface area (Å²) in [5, 5.41) is 18.8. The molecule has 0 saturated heterocycles. The monoisotopic (exact) mass is 280 g/mol. The molecule has 0 aromatic heterocycles. The summed E-state index contributed by atoms with van der Waals surface area (Å²) >= 11 is 0. The summed E-state index contributed by atoms with van der Waals surface area (Å²) in [4.78, 5) is 10.9. The molecule has 0 bridgehead atoms. The maximum absolute atomic E-state index is 12.9. The quantitative estimate of drug-likeness (QED) is 0.837. The van der Waals surface area contributed by atoms with Crippen molar-refractivity contribution in [3.8, 4) is 0 Å². The standard InChI is InChI=1S/C12H12F4O3/c1-11(2,10(18)19)9(17)7-4-3-6(13)5-8(7)12(14,15)16/h3-5,9,17H,1-2H3,(H,18,19). The Balaban J connectivity index is 3.40. The van der Waals surface area contributed by atoms with Crippen molar-refractivity contribution in [1.82, 2.24) is 0 Å². The van der Waals surface area contributed by atoms with E-state index in [-0.39, 0.29) is 6.07 Å². The second kappa shape index (κ2) is 4.80. The van der Waals surface area contributed by atoms with E-state index in [9.17, 15) is 27.5 Å². The average molecular weight is 280 g/mol. The van der Waals surface area contributed by atoms with Crippen LogP contribution in [0, 0.1) is 11.2 Å². The highest BCUT2D eigenvalue weighted by atomic mass is 19.4. The lowest BCUT2D eigenvalue weighted by molar-refractivity contribution is -0.156. The van der Waals surface area contributed by atoms with Crippen molar-refractivity contribution in [2.45, 2.75) is 26.1 Å². The molecule has 1 aromatic carbocycles. The van der Waals surface area contributed by atoms with Crippen molar-refractivity contribution in [2.24, 2.45) is 5.41 Å². The first-order valence-corrected chi connectivity index (χ1v) is 5.26. The highest BCUT2D eigenvalue weighted by Crippen LogP contribution is 2.41. The van der Waals surface area contributed by atoms with Crippen molar-refractivity contribution in [1.29, 1.82) is 0 Å². The van der Waals surface area contributed by atoms with Crippen LogP contribution in [0.25, 0.3) is 0 Å². The van der Waals surface area contributed by atoms with Gasteiger partial charge in [0, 0.05) is 0 Å². The molecule has 0 heterocycles. The normalized spacial score (nSPS) is 14.3. The molecule has 106 valence electrons. The van der Waals surface area contributed by atoms with Crippen LogP contribution >= 0.6 is 0 Å². The third-order valence-electron chi connectivity index (χ3n) is 2.85. The third-order valence-corrected chi connectivity index (χ3v) is 2.85. The minimum absolute atomic E-state index is 0.233. The highest BCUT2D eigenvalue weighted by molar-refractivity contribution is 5.74. The van der Waals surface area contributed by atoms with E-state index >= 15 is 0 Å². The molecule has 1 unspecified atom stereocenters. The summed E-state index contributed by atoms with van der Waals surface area (Å²) in [6.07, 6.45) is -6.80. The van der Waals surface area contributed by atoms with E-state index in [1.165, 1.54) is 0 Å². The van der Waals surface area contributed by atoms with E-state index in [2.05, 4.69) is 0 Å². The van der Waals surface area contributed by atoms with Crippen LogP contribution < -0.4 is 0 Å². The maximum atomic E-state index is 12.9. The van der Waals surface area contributed by atoms with Gasteiger partial charge in [-0.3, -0.25) is 4.79 Å². The summed E-state index contributed by atoms with van der Waals surface area (Å²) < 4.78 is 51.2. The molecule has 3 nitrogen and oxygen atoms in total. The Bertz CT molecular complexity index is 494. The molecule has 2 N–H and O–H groups in total. The van der Waals surface area contributed by atoms with Gasteiger partial charge in [0.05, 0.1) is 17.1 Å². The number of aliphatic hydroxyl groups excluding tert-OH is 1. The molecule has 1 rings (SSSR count). The van der Waals surface area contributed by atoms with Crippen LogP contribution in [0.2, 0.25) is 0 Å². The van der Waals surface area contributed by atoms with Gasteiger partial charge in [-0.1, -0.05) is 6.07 Å². The highest BCUT2D eigenvalue weighted by Gasteiger charge is 2.42. The largest absolute Gasteiger partial charge is 0.481 e. The Kier molecular flexibility index (Phi) is 3.90. The maximum Gasteiger partial charge on any atom is 0.416 e. The third kappa shape index (κ3) is 3.04. The number of rotatable bonds is 3. The summed E-state index contributed by atoms with van der Waals surface area (Å²) in [5.41, 5.74) is -3.88. The smallest absolute Gasteiger partial charge is 0.416 e. The Morgan fingerprint density at radius 1 is 1.26 bits per heavy atom. The van der Waals surface area contributed by atoms with Crippen molar-refractivity contribution in [3.05, 3.63) is 35.1 Å². The van der Waals surface area contributed by atoms with E-state index in [1.807, 2.05) is 0 Å². The van der Waals surface area contributed by atoms with Gasteiger partial charge in [-0.15, -0.1) is 0 Å². The Morgan fingerprint density at radius 3 is 2.21 bits per heavy atom. The molecule has 0 aliphatic carbocycles. The van der Waals surface area contributed by atoms with Crippen LogP contribution in [0.4, 0.5) is 17.6 Å². The van der Waals surface area contributed by atoms with Crippen LogP contribution in [0.3, 0.4) is 0 Å². The first-order valence-electron chi connectivity index (χ1n) is 5.26. The molecular formula is C12H12F4O3. The second-order valence-corrected chi connectivity index (χ2v) is 4.66. The first kappa shape index (κ1) is 15.4. The molecule has 7 heteroatoms. The van der Waals surface area contributed by atoms with E-state index in [4.69, 9.17) is 5.11 Å². The summed E-state index contributed by atoms with van der Waals surface area (Å²) in [6.45, 7) is 2.17. The molecule has 0 aliphatic rings. The fourth-order valence-electron chi connectivity index (χ4n) is 1.52. The zero-order chi connectivity index (χ0) is 15.0. The number of aliphatic carboxylic acids is 1. The van der Waals surface area contributed by atoms with E-state index < -0.39 is 40.6 Å². The lowest BCUT2D eigenvalue weighted by atomic mass is 9.81. The molecule has 0 fully saturated rings. The number of halogens is 4. The van der Waals surface area contributed by atoms with Gasteiger partial charge >= 0.3 is 12.1 Å². The average Bonchev–Trinajstić information content (AvgIpc) is 2.26. The number of hydrogen-bond donors (Lipinski definition) is 2. The predicted molar refractivity (Wildman–Crippen MR) is 57.8 cm³/mol. The van der Waals surface area contributed by atoms with Gasteiger partial charge in [0.2, 0.25) is 0 Å². The molecule has 19 heavy (non-hydrogen) atoms. The van der Waals surface area contributed by atoms with Gasteiger partial charge in [-0.2, -0.15) is 13.2 Å². The topological polar surface area (TPSA) is 57.5 Å². The van der Waals surface area contributed by atoms with Crippen molar-refractivity contribution in [3.63, 3.8) is 0 Å². The van der Waals surface area contributed by atoms with Crippen LogP contribution in [-0.4, -0.2) is 16.2 Å². The van der Waals surface area contributed by atoms with Crippen molar-refractivity contribution >= 4 is 5.97 Å². The zero-order valence-corrected chi connectivity index (χ0v) is 10.1. The number of carbonyl (C=O) groups is 1. The molecular weight excluding hydrogens is 268 g/mol. The van der Waals surface area contributed by atoms with E-state index in [0.717, 1.165) is 26.0 Å². The molecule has 0 spiro atoms. The van der Waals surface area contributed by atoms with E-state index in [0.29, 0.717) is 0 Å². The molecule has 0 saturated carbocycles. The van der Waals surface area contributed by atoms with Crippen LogP contribution in [0.1, 0.15) is 31.1 Å². The molecule has 1 atom stereocenters. The van der Waals surface area contributed by atoms with Gasteiger partial charge < -0.3 is 10.2 Å². The summed E-state index contributed by atoms with van der Waals surface area (Å²) in [6, 6.07) is 1.72. The minimum atomic E-state index is -4.88. The fourth-order valence-corrected chi connectivity index (χ4v) is 1.52. The fraction of sp³-hybridized carbons (Fsp3) is 0.417. The number of carboxylic acids is 1. The molecule has 0 radical (unpaired) electrons. The van der Waals surface area contributed by atoms with Gasteiger partial charge in [-0.05, 0) is 31.5 Å². The van der Waals surface area contributed by atoms with Crippen molar-refractivity contribution in [2.75, 3.05) is 0 Å². The predicted octanol–water partition coefficient (Wildman–Crippen LogP) is 2.99. The summed E-state index contributed by atoms with van der Waals surface area (Å²) in [7, 11) is 0.